The van der Waals surface area contributed by atoms with Gasteiger partial charge in [0.2, 0.25) is 23.6 Å². The number of alkyl halides is 7. The Morgan fingerprint density at radius 2 is 1.07 bits per heavy atom. The molecule has 4 heterocycles. The highest BCUT2D eigenvalue weighted by Crippen LogP contribution is 2.52. The van der Waals surface area contributed by atoms with Gasteiger partial charge in [-0.15, -0.1) is 23.2 Å². The molecule has 0 spiro atoms. The minimum absolute atomic E-state index is 0.0813. The van der Waals surface area contributed by atoms with Crippen LogP contribution in [0.25, 0.3) is 0 Å². The minimum Gasteiger partial charge on any atom is -0.491 e. The minimum atomic E-state index is -4.62. The summed E-state index contributed by atoms with van der Waals surface area (Å²) in [5.74, 6) is 0.788. The fraction of sp³-hybridized carbons (Fsp3) is 0.548. The molecule has 1 unspecified atom stereocenters. The smallest absolute Gasteiger partial charge is 0.403 e. The van der Waals surface area contributed by atoms with E-state index in [-0.39, 0.29) is 67.3 Å². The van der Waals surface area contributed by atoms with E-state index in [0.29, 0.717) is 75.9 Å². The van der Waals surface area contributed by atoms with E-state index in [0.717, 1.165) is 53.5 Å². The molecule has 4 aliphatic heterocycles. The van der Waals surface area contributed by atoms with Crippen molar-refractivity contribution in [3.63, 3.8) is 0 Å². The van der Waals surface area contributed by atoms with Gasteiger partial charge in [-0.3, -0.25) is 19.2 Å². The molecular formula is C62H77Cl2F5N4O8S. The molecule has 2 saturated carbocycles. The zero-order chi connectivity index (χ0) is 59.7. The zero-order valence-corrected chi connectivity index (χ0v) is 49.9. The average Bonchev–Trinajstić information content (AvgIpc) is 3.38. The monoisotopic (exact) mass is 1200 g/mol. The van der Waals surface area contributed by atoms with Crippen LogP contribution in [0.5, 0.6) is 11.5 Å². The van der Waals surface area contributed by atoms with Crippen LogP contribution in [0, 0.1) is 21.7 Å². The first-order valence-electron chi connectivity index (χ1n) is 28.3. The van der Waals surface area contributed by atoms with Crippen molar-refractivity contribution < 1.29 is 59.0 Å². The van der Waals surface area contributed by atoms with Crippen LogP contribution in [0.4, 0.5) is 22.0 Å². The number of benzene rings is 4. The fourth-order valence-electron chi connectivity index (χ4n) is 11.5. The summed E-state index contributed by atoms with van der Waals surface area (Å²) in [7, 11) is -3.60. The van der Waals surface area contributed by atoms with Crippen molar-refractivity contribution in [3.8, 4) is 11.5 Å². The summed E-state index contributed by atoms with van der Waals surface area (Å²) in [4.78, 5) is 57.1. The number of ether oxygens (including phenoxy) is 2. The first-order chi connectivity index (χ1) is 38.8. The third kappa shape index (κ3) is 14.5. The van der Waals surface area contributed by atoms with Crippen LogP contribution in [0.2, 0.25) is 0 Å². The number of rotatable bonds is 7. The Morgan fingerprint density at radius 1 is 0.598 bits per heavy atom. The van der Waals surface area contributed by atoms with E-state index >= 15 is 0 Å². The van der Waals surface area contributed by atoms with Crippen LogP contribution in [-0.4, -0.2) is 121 Å². The summed E-state index contributed by atoms with van der Waals surface area (Å²) in [6.07, 6.45) is -2.90. The van der Waals surface area contributed by atoms with Crippen LogP contribution in [0.1, 0.15) is 120 Å². The predicted molar refractivity (Wildman–Crippen MR) is 306 cm³/mol. The Bertz CT molecular complexity index is 2900. The highest BCUT2D eigenvalue weighted by molar-refractivity contribution is 7.91. The Labute approximate surface area is 489 Å². The van der Waals surface area contributed by atoms with Crippen molar-refractivity contribution in [1.82, 2.24) is 19.6 Å². The molecule has 0 saturated heterocycles. The molecule has 0 bridgehead atoms. The van der Waals surface area contributed by atoms with E-state index in [1.807, 2.05) is 99.0 Å². The van der Waals surface area contributed by atoms with Gasteiger partial charge >= 0.3 is 6.18 Å². The van der Waals surface area contributed by atoms with Crippen LogP contribution >= 0.6 is 23.2 Å². The molecule has 1 atom stereocenters. The van der Waals surface area contributed by atoms with Gasteiger partial charge in [-0.1, -0.05) is 105 Å². The Hall–Kier alpha value is -5.46. The van der Waals surface area contributed by atoms with Gasteiger partial charge in [0.05, 0.1) is 34.1 Å². The number of sulfone groups is 1. The molecule has 2 aliphatic carbocycles. The first kappa shape index (κ1) is 64.1. The highest BCUT2D eigenvalue weighted by Gasteiger charge is 2.62. The standard InChI is InChI=1S/C17H21F2NO2.C16H18F3NO3S.C15H20ClNO.C14H18ClNO2/c1-12-11-22-14-7-3-2-6-13(14)10-20(12)16(21)17(15(18)19)8-4-5-9-17;17-16(18,19)15(7-3-4-8-15)14(21)20-9-10-24(22,23)13-6-2-1-5-12(13)11-20;1-15(2,11-16)14(18)17-9-5-8-12-6-3-4-7-13(12)10-17;1-14(2,10-15)13(17)16-7-8-18-12-6-4-3-5-11(12)9-16/h2-3,6-7,12,15H,4-5,8-11H2,1H3;1-2,5-6H,3-4,7-11H2;3-4,6-7H,5,8-11H2,1-2H3;3-6H,7-10H2,1-2H3. The number of amides is 4. The summed E-state index contributed by atoms with van der Waals surface area (Å²) >= 11 is 11.8. The van der Waals surface area contributed by atoms with Gasteiger partial charge in [0, 0.05) is 62.2 Å². The maximum absolute atomic E-state index is 13.6. The molecule has 82 heavy (non-hydrogen) atoms. The number of hydrogen-bond donors (Lipinski definition) is 0. The number of nitrogens with zero attached hydrogens (tertiary/aromatic N) is 4. The molecule has 0 aromatic heterocycles. The lowest BCUT2D eigenvalue weighted by atomic mass is 9.83. The van der Waals surface area contributed by atoms with E-state index in [2.05, 4.69) is 18.2 Å². The van der Waals surface area contributed by atoms with Gasteiger partial charge in [-0.05, 0) is 108 Å². The second-order valence-corrected chi connectivity index (χ2v) is 26.2. The average molecular weight is 1200 g/mol. The SMILES string of the molecule is CC(C)(CCl)C(=O)N1CCCc2ccccc2C1.CC(C)(CCl)C(=O)N1CCOc2ccccc2C1.CC1COc2ccccc2CN1C(=O)C1(C(F)F)CCCC1.O=C(N1CCS(=O)(=O)c2ccccc2C1)C1(C(F)(F)F)CCCC1. The summed E-state index contributed by atoms with van der Waals surface area (Å²) in [6, 6.07) is 29.7. The molecular weight excluding hydrogens is 1130 g/mol. The molecule has 4 amide bonds. The van der Waals surface area contributed by atoms with Crippen LogP contribution in [0.3, 0.4) is 0 Å². The lowest BCUT2D eigenvalue weighted by Gasteiger charge is -2.36. The predicted octanol–water partition coefficient (Wildman–Crippen LogP) is 12.4. The number of fused-ring (bicyclic) bond motifs is 4. The molecule has 448 valence electrons. The molecule has 10 rings (SSSR count). The molecule has 0 N–H and O–H groups in total. The van der Waals surface area contributed by atoms with Crippen LogP contribution in [-0.2, 0) is 61.6 Å². The van der Waals surface area contributed by atoms with E-state index in [1.165, 1.54) is 17.2 Å². The van der Waals surface area contributed by atoms with Crippen molar-refractivity contribution >= 4 is 56.7 Å². The van der Waals surface area contributed by atoms with Crippen molar-refractivity contribution in [2.45, 2.75) is 149 Å². The van der Waals surface area contributed by atoms with Gasteiger partial charge in [-0.25, -0.2) is 17.2 Å². The third-order valence-electron chi connectivity index (χ3n) is 16.6. The quantitative estimate of drug-likeness (QED) is 0.132. The lowest BCUT2D eigenvalue weighted by molar-refractivity contribution is -0.226. The summed E-state index contributed by atoms with van der Waals surface area (Å²) in [5.41, 5.74) is 0.0888. The second-order valence-electron chi connectivity index (χ2n) is 23.6. The van der Waals surface area contributed by atoms with Crippen molar-refractivity contribution in [2.75, 3.05) is 50.4 Å². The number of aryl methyl sites for hydroxylation is 1. The number of para-hydroxylation sites is 2. The number of halogens is 7. The van der Waals surface area contributed by atoms with E-state index in [1.54, 1.807) is 23.1 Å². The molecule has 12 nitrogen and oxygen atoms in total. The molecule has 4 aromatic rings. The number of carbonyl (C=O) groups excluding carboxylic acids is 4. The van der Waals surface area contributed by atoms with Gasteiger partial charge in [0.25, 0.3) is 6.43 Å². The van der Waals surface area contributed by atoms with Gasteiger partial charge < -0.3 is 29.1 Å². The van der Waals surface area contributed by atoms with E-state index in [9.17, 15) is 49.5 Å². The zero-order valence-electron chi connectivity index (χ0n) is 47.6. The maximum atomic E-state index is 13.6. The van der Waals surface area contributed by atoms with Crippen molar-refractivity contribution in [2.24, 2.45) is 21.7 Å². The normalized spacial score (nSPS) is 20.0. The second kappa shape index (κ2) is 27.1. The molecule has 4 aromatic carbocycles. The summed E-state index contributed by atoms with van der Waals surface area (Å²) in [5, 5.41) is 0. The first-order valence-corrected chi connectivity index (χ1v) is 31.0. The molecule has 20 heteroatoms. The topological polar surface area (TPSA) is 134 Å². The van der Waals surface area contributed by atoms with Gasteiger partial charge in [-0.2, -0.15) is 13.2 Å². The molecule has 6 aliphatic rings. The lowest BCUT2D eigenvalue weighted by Crippen LogP contribution is -2.51. The van der Waals surface area contributed by atoms with Gasteiger partial charge in [0.1, 0.15) is 35.5 Å². The molecule has 2 fully saturated rings. The van der Waals surface area contributed by atoms with E-state index in [4.69, 9.17) is 32.7 Å². The molecule has 0 radical (unpaired) electrons. The van der Waals surface area contributed by atoms with Crippen molar-refractivity contribution in [3.05, 3.63) is 125 Å². The Balaban J connectivity index is 0.000000159. The summed E-state index contributed by atoms with van der Waals surface area (Å²) < 4.78 is 104. The summed E-state index contributed by atoms with van der Waals surface area (Å²) in [6.45, 7) is 13.1. The third-order valence-corrected chi connectivity index (χ3v) is 19.8. The Morgan fingerprint density at radius 3 is 1.65 bits per heavy atom. The van der Waals surface area contributed by atoms with Crippen LogP contribution in [0.15, 0.2) is 102 Å². The van der Waals surface area contributed by atoms with Crippen LogP contribution < -0.4 is 9.47 Å². The maximum Gasteiger partial charge on any atom is 0.403 e. The fourth-order valence-corrected chi connectivity index (χ4v) is 13.2. The largest absolute Gasteiger partial charge is 0.491 e. The van der Waals surface area contributed by atoms with Crippen molar-refractivity contribution in [1.29, 1.82) is 0 Å². The highest BCUT2D eigenvalue weighted by atomic mass is 35.5. The Kier molecular flexibility index (Phi) is 21.2. The number of carbonyl (C=O) groups is 4. The number of hydrogen-bond acceptors (Lipinski definition) is 8. The van der Waals surface area contributed by atoms with Gasteiger partial charge in [0.15, 0.2) is 9.84 Å². The van der Waals surface area contributed by atoms with E-state index < -0.39 is 55.9 Å².